The quantitative estimate of drug-likeness (QED) is 0.927. The largest absolute Gasteiger partial charge is 0.365 e. The van der Waals surface area contributed by atoms with Gasteiger partial charge in [0.15, 0.2) is 5.78 Å². The van der Waals surface area contributed by atoms with Crippen molar-refractivity contribution in [3.05, 3.63) is 53.0 Å². The molecule has 5 nitrogen and oxygen atoms in total. The third kappa shape index (κ3) is 3.13. The fraction of sp³-hybridized carbons (Fsp3) is 0.368. The van der Waals surface area contributed by atoms with Crippen LogP contribution in [0, 0.1) is 16.7 Å². The highest BCUT2D eigenvalue weighted by atomic mass is 16.1. The van der Waals surface area contributed by atoms with Crippen LogP contribution in [-0.4, -0.2) is 15.8 Å². The maximum absolute atomic E-state index is 12.4. The molecule has 0 aromatic carbocycles. The summed E-state index contributed by atoms with van der Waals surface area (Å²) in [6.07, 6.45) is 5.70. The summed E-state index contributed by atoms with van der Waals surface area (Å²) in [4.78, 5) is 21.1. The smallest absolute Gasteiger partial charge is 0.165 e. The van der Waals surface area contributed by atoms with Gasteiger partial charge in [-0.15, -0.1) is 0 Å². The van der Waals surface area contributed by atoms with E-state index in [0.29, 0.717) is 29.9 Å². The predicted octanol–water partition coefficient (Wildman–Crippen LogP) is 3.75. The summed E-state index contributed by atoms with van der Waals surface area (Å²) in [6, 6.07) is 7.66. The second-order valence-electron chi connectivity index (χ2n) is 6.65. The molecule has 0 fully saturated rings. The standard InChI is InChI=1S/C19H20N4O.H2/c1-3-19(2)8-16-15(17(24)9-19)7-14(10-20)18(23-16)22-12-13-5-4-6-21-11-13;/h4-7,11H,3,8-9,12H2,1-2H3,(H,22,23);1H. The number of hydrogen-bond acceptors (Lipinski definition) is 5. The molecule has 2 heterocycles. The summed E-state index contributed by atoms with van der Waals surface area (Å²) >= 11 is 0. The Bertz CT molecular complexity index is 816. The number of hydrogen-bond donors (Lipinski definition) is 1. The Morgan fingerprint density at radius 1 is 1.46 bits per heavy atom. The van der Waals surface area contributed by atoms with E-state index in [0.717, 1.165) is 24.1 Å². The predicted molar refractivity (Wildman–Crippen MR) is 93.7 cm³/mol. The summed E-state index contributed by atoms with van der Waals surface area (Å²) in [5, 5.41) is 12.6. The summed E-state index contributed by atoms with van der Waals surface area (Å²) in [5.74, 6) is 0.622. The van der Waals surface area contributed by atoms with Crippen molar-refractivity contribution in [2.24, 2.45) is 5.41 Å². The van der Waals surface area contributed by atoms with Crippen LogP contribution in [0.15, 0.2) is 30.6 Å². The van der Waals surface area contributed by atoms with Crippen LogP contribution in [-0.2, 0) is 13.0 Å². The van der Waals surface area contributed by atoms with Crippen LogP contribution in [0.4, 0.5) is 5.82 Å². The number of aromatic nitrogens is 2. The molecule has 0 radical (unpaired) electrons. The molecule has 2 aromatic heterocycles. The van der Waals surface area contributed by atoms with Gasteiger partial charge in [0, 0.05) is 32.3 Å². The van der Waals surface area contributed by atoms with Gasteiger partial charge in [0.2, 0.25) is 0 Å². The van der Waals surface area contributed by atoms with Gasteiger partial charge in [-0.05, 0) is 36.0 Å². The number of nitriles is 1. The van der Waals surface area contributed by atoms with Gasteiger partial charge in [-0.25, -0.2) is 4.98 Å². The molecule has 0 spiro atoms. The van der Waals surface area contributed by atoms with E-state index in [1.54, 1.807) is 18.5 Å². The van der Waals surface area contributed by atoms with Crippen molar-refractivity contribution in [1.29, 1.82) is 5.26 Å². The van der Waals surface area contributed by atoms with Crippen molar-refractivity contribution in [3.63, 3.8) is 0 Å². The third-order valence-electron chi connectivity index (χ3n) is 4.74. The molecule has 2 aromatic rings. The number of ketones is 1. The summed E-state index contributed by atoms with van der Waals surface area (Å²) in [7, 11) is 0. The average molecular weight is 322 g/mol. The molecule has 1 aliphatic rings. The van der Waals surface area contributed by atoms with Crippen LogP contribution in [0.25, 0.3) is 0 Å². The summed E-state index contributed by atoms with van der Waals surface area (Å²) in [5.41, 5.74) is 2.76. The van der Waals surface area contributed by atoms with Crippen LogP contribution in [0.1, 0.15) is 55.3 Å². The molecule has 124 valence electrons. The number of Topliss-reactive ketones (excluding diaryl/α,β-unsaturated/α-hetero) is 1. The molecule has 1 atom stereocenters. The first-order valence-electron chi connectivity index (χ1n) is 8.14. The van der Waals surface area contributed by atoms with Gasteiger partial charge in [0.25, 0.3) is 0 Å². The average Bonchev–Trinajstić information content (AvgIpc) is 2.60. The second kappa shape index (κ2) is 6.40. The van der Waals surface area contributed by atoms with Crippen molar-refractivity contribution in [2.45, 2.75) is 39.7 Å². The molecule has 1 unspecified atom stereocenters. The summed E-state index contributed by atoms with van der Waals surface area (Å²) in [6.45, 7) is 4.76. The van der Waals surface area contributed by atoms with E-state index in [2.05, 4.69) is 35.2 Å². The van der Waals surface area contributed by atoms with E-state index < -0.39 is 0 Å². The van der Waals surface area contributed by atoms with E-state index in [-0.39, 0.29) is 12.6 Å². The van der Waals surface area contributed by atoms with Gasteiger partial charge in [0.05, 0.1) is 11.3 Å². The zero-order chi connectivity index (χ0) is 17.2. The highest BCUT2D eigenvalue weighted by Gasteiger charge is 2.35. The number of fused-ring (bicyclic) bond motifs is 1. The zero-order valence-corrected chi connectivity index (χ0v) is 14.0. The Labute approximate surface area is 143 Å². The van der Waals surface area contributed by atoms with Crippen molar-refractivity contribution in [3.8, 4) is 6.07 Å². The van der Waals surface area contributed by atoms with E-state index in [1.165, 1.54) is 0 Å². The number of nitrogens with one attached hydrogen (secondary N) is 1. The first-order valence-corrected chi connectivity index (χ1v) is 8.14. The molecule has 0 saturated carbocycles. The first-order chi connectivity index (χ1) is 11.5. The molecular formula is C19H22N4O. The third-order valence-corrected chi connectivity index (χ3v) is 4.74. The highest BCUT2D eigenvalue weighted by molar-refractivity contribution is 5.99. The van der Waals surface area contributed by atoms with Crippen molar-refractivity contribution >= 4 is 11.6 Å². The minimum Gasteiger partial charge on any atom is -0.365 e. The van der Waals surface area contributed by atoms with Crippen LogP contribution >= 0.6 is 0 Å². The minimum atomic E-state index is -0.0497. The minimum absolute atomic E-state index is 0. The lowest BCUT2D eigenvalue weighted by atomic mass is 9.72. The van der Waals surface area contributed by atoms with Gasteiger partial charge in [-0.2, -0.15) is 5.26 Å². The Morgan fingerprint density at radius 2 is 2.29 bits per heavy atom. The SMILES string of the molecule is CCC1(C)CC(=O)c2cc(C#N)c(NCc3cccnc3)nc2C1.[HH]. The Balaban J connectivity index is 0.00000225. The van der Waals surface area contributed by atoms with E-state index >= 15 is 0 Å². The fourth-order valence-corrected chi connectivity index (χ4v) is 3.04. The van der Waals surface area contributed by atoms with E-state index in [1.807, 2.05) is 12.1 Å². The summed E-state index contributed by atoms with van der Waals surface area (Å²) < 4.78 is 0. The van der Waals surface area contributed by atoms with Crippen LogP contribution < -0.4 is 5.32 Å². The molecular weight excluding hydrogens is 300 g/mol. The number of carbonyl (C=O) groups excluding carboxylic acids is 1. The molecule has 0 bridgehead atoms. The zero-order valence-electron chi connectivity index (χ0n) is 14.0. The van der Waals surface area contributed by atoms with Crippen LogP contribution in [0.5, 0.6) is 0 Å². The molecule has 0 aliphatic heterocycles. The Hall–Kier alpha value is -2.74. The molecule has 0 saturated heterocycles. The second-order valence-corrected chi connectivity index (χ2v) is 6.65. The topological polar surface area (TPSA) is 78.7 Å². The molecule has 0 amide bonds. The van der Waals surface area contributed by atoms with Gasteiger partial charge >= 0.3 is 0 Å². The van der Waals surface area contributed by atoms with E-state index in [9.17, 15) is 10.1 Å². The fourth-order valence-electron chi connectivity index (χ4n) is 3.04. The van der Waals surface area contributed by atoms with Gasteiger partial charge < -0.3 is 5.32 Å². The maximum Gasteiger partial charge on any atom is 0.165 e. The number of pyridine rings is 2. The monoisotopic (exact) mass is 322 g/mol. The van der Waals surface area contributed by atoms with Crippen molar-refractivity contribution < 1.29 is 6.22 Å². The number of carbonyl (C=O) groups is 1. The lowest BCUT2D eigenvalue weighted by Gasteiger charge is -2.32. The molecule has 1 N–H and O–H groups in total. The van der Waals surface area contributed by atoms with Crippen molar-refractivity contribution in [1.82, 2.24) is 9.97 Å². The van der Waals surface area contributed by atoms with Gasteiger partial charge in [0.1, 0.15) is 11.9 Å². The molecule has 3 rings (SSSR count). The number of rotatable bonds is 4. The van der Waals surface area contributed by atoms with Gasteiger partial charge in [-0.3, -0.25) is 9.78 Å². The number of anilines is 1. The van der Waals surface area contributed by atoms with Gasteiger partial charge in [-0.1, -0.05) is 19.9 Å². The first kappa shape index (κ1) is 16.1. The molecule has 1 aliphatic carbocycles. The normalized spacial score (nSPS) is 19.5. The van der Waals surface area contributed by atoms with E-state index in [4.69, 9.17) is 0 Å². The maximum atomic E-state index is 12.4. The van der Waals surface area contributed by atoms with Crippen molar-refractivity contribution in [2.75, 3.05) is 5.32 Å². The lowest BCUT2D eigenvalue weighted by molar-refractivity contribution is 0.0893. The molecule has 5 heteroatoms. The highest BCUT2D eigenvalue weighted by Crippen LogP contribution is 2.38. The lowest BCUT2D eigenvalue weighted by Crippen LogP contribution is -2.30. The number of nitrogens with zero attached hydrogens (tertiary/aromatic N) is 3. The van der Waals surface area contributed by atoms with Crippen LogP contribution in [0.3, 0.4) is 0 Å². The van der Waals surface area contributed by atoms with Crippen LogP contribution in [0.2, 0.25) is 0 Å². The Morgan fingerprint density at radius 3 is 2.96 bits per heavy atom. The molecule has 24 heavy (non-hydrogen) atoms. The Kier molecular flexibility index (Phi) is 4.30.